The summed E-state index contributed by atoms with van der Waals surface area (Å²) in [4.78, 5) is 22.9. The first kappa shape index (κ1) is 15.2. The highest BCUT2D eigenvalue weighted by Crippen LogP contribution is 2.17. The van der Waals surface area contributed by atoms with Gasteiger partial charge in [0.2, 0.25) is 0 Å². The molecule has 1 aromatic heterocycles. The highest BCUT2D eigenvalue weighted by atomic mass is 16.5. The molecule has 2 aromatic rings. The summed E-state index contributed by atoms with van der Waals surface area (Å²) in [5.41, 5.74) is 1.36. The number of rotatable bonds is 4. The summed E-state index contributed by atoms with van der Waals surface area (Å²) < 4.78 is 6.92. The molecule has 120 valence electrons. The smallest absolute Gasteiger partial charge is 0.356 e. The summed E-state index contributed by atoms with van der Waals surface area (Å²) in [5, 5.41) is 15.7. The van der Waals surface area contributed by atoms with Crippen LogP contribution in [0.2, 0.25) is 0 Å². The Labute approximate surface area is 132 Å². The molecular formula is C16H17N3O4. The third-order valence-corrected chi connectivity index (χ3v) is 3.68. The minimum atomic E-state index is -1.07. The van der Waals surface area contributed by atoms with E-state index in [9.17, 15) is 9.59 Å². The SMILES string of the molecule is O=C(O)c1ccn(-c2ccc(NC(=O)C3CCCCO3)cc2)n1. The maximum absolute atomic E-state index is 12.1. The van der Waals surface area contributed by atoms with Crippen molar-refractivity contribution in [3.63, 3.8) is 0 Å². The molecule has 0 bridgehead atoms. The zero-order valence-corrected chi connectivity index (χ0v) is 12.4. The number of ether oxygens (including phenoxy) is 1. The van der Waals surface area contributed by atoms with Gasteiger partial charge >= 0.3 is 5.97 Å². The first-order valence-electron chi connectivity index (χ1n) is 7.45. The van der Waals surface area contributed by atoms with Crippen LogP contribution >= 0.6 is 0 Å². The number of anilines is 1. The fraction of sp³-hybridized carbons (Fsp3) is 0.312. The number of amides is 1. The second kappa shape index (κ2) is 6.62. The van der Waals surface area contributed by atoms with Crippen LogP contribution < -0.4 is 5.32 Å². The van der Waals surface area contributed by atoms with Crippen molar-refractivity contribution in [2.45, 2.75) is 25.4 Å². The van der Waals surface area contributed by atoms with Gasteiger partial charge in [0, 0.05) is 18.5 Å². The summed E-state index contributed by atoms with van der Waals surface area (Å²) in [6.45, 7) is 0.627. The van der Waals surface area contributed by atoms with Gasteiger partial charge in [-0.05, 0) is 49.6 Å². The van der Waals surface area contributed by atoms with Crippen molar-refractivity contribution >= 4 is 17.6 Å². The number of carboxylic acid groups (broad SMARTS) is 1. The molecule has 23 heavy (non-hydrogen) atoms. The average molecular weight is 315 g/mol. The molecular weight excluding hydrogens is 298 g/mol. The van der Waals surface area contributed by atoms with Crippen LogP contribution in [0, 0.1) is 0 Å². The lowest BCUT2D eigenvalue weighted by atomic mass is 10.1. The number of carbonyl (C=O) groups excluding carboxylic acids is 1. The van der Waals surface area contributed by atoms with Gasteiger partial charge in [-0.2, -0.15) is 5.10 Å². The van der Waals surface area contributed by atoms with E-state index >= 15 is 0 Å². The molecule has 1 aliphatic rings. The van der Waals surface area contributed by atoms with Crippen molar-refractivity contribution in [1.29, 1.82) is 0 Å². The van der Waals surface area contributed by atoms with E-state index in [4.69, 9.17) is 9.84 Å². The second-order valence-corrected chi connectivity index (χ2v) is 5.34. The Morgan fingerprint density at radius 3 is 2.61 bits per heavy atom. The van der Waals surface area contributed by atoms with Crippen LogP contribution in [-0.4, -0.2) is 39.5 Å². The van der Waals surface area contributed by atoms with E-state index in [0.29, 0.717) is 18.0 Å². The Hall–Kier alpha value is -2.67. The maximum atomic E-state index is 12.1. The van der Waals surface area contributed by atoms with Crippen molar-refractivity contribution in [3.05, 3.63) is 42.2 Å². The molecule has 1 fully saturated rings. The van der Waals surface area contributed by atoms with Crippen LogP contribution in [0.4, 0.5) is 5.69 Å². The summed E-state index contributed by atoms with van der Waals surface area (Å²) in [7, 11) is 0. The minimum absolute atomic E-state index is 0.0168. The maximum Gasteiger partial charge on any atom is 0.356 e. The number of carbonyl (C=O) groups is 2. The second-order valence-electron chi connectivity index (χ2n) is 5.34. The summed E-state index contributed by atoms with van der Waals surface area (Å²) in [6, 6.07) is 8.45. The van der Waals surface area contributed by atoms with E-state index in [0.717, 1.165) is 19.3 Å². The number of hydrogen-bond donors (Lipinski definition) is 2. The number of hydrogen-bond acceptors (Lipinski definition) is 4. The standard InChI is InChI=1S/C16H17N3O4/c20-15(14-3-1-2-10-23-14)17-11-4-6-12(7-5-11)19-9-8-13(18-19)16(21)22/h4-9,14H,1-3,10H2,(H,17,20)(H,21,22). The van der Waals surface area contributed by atoms with Crippen molar-refractivity contribution < 1.29 is 19.4 Å². The molecule has 0 aliphatic carbocycles. The molecule has 3 rings (SSSR count). The lowest BCUT2D eigenvalue weighted by molar-refractivity contribution is -0.129. The number of carboxylic acids is 1. The highest BCUT2D eigenvalue weighted by Gasteiger charge is 2.21. The topological polar surface area (TPSA) is 93.5 Å². The molecule has 1 atom stereocenters. The fourth-order valence-electron chi connectivity index (χ4n) is 2.45. The van der Waals surface area contributed by atoms with Gasteiger partial charge in [0.1, 0.15) is 6.10 Å². The summed E-state index contributed by atoms with van der Waals surface area (Å²) >= 11 is 0. The summed E-state index contributed by atoms with van der Waals surface area (Å²) in [6.07, 6.45) is 3.94. The van der Waals surface area contributed by atoms with E-state index in [1.54, 1.807) is 30.5 Å². The Kier molecular flexibility index (Phi) is 4.38. The molecule has 1 saturated heterocycles. The van der Waals surface area contributed by atoms with E-state index in [1.807, 2.05) is 0 Å². The van der Waals surface area contributed by atoms with Crippen LogP contribution in [0.5, 0.6) is 0 Å². The average Bonchev–Trinajstić information content (AvgIpc) is 3.07. The number of benzene rings is 1. The first-order chi connectivity index (χ1) is 11.1. The monoisotopic (exact) mass is 315 g/mol. The number of nitrogens with one attached hydrogen (secondary N) is 1. The Balaban J connectivity index is 1.66. The lowest BCUT2D eigenvalue weighted by Crippen LogP contribution is -2.33. The quantitative estimate of drug-likeness (QED) is 0.901. The van der Waals surface area contributed by atoms with Crippen molar-refractivity contribution in [3.8, 4) is 5.69 Å². The van der Waals surface area contributed by atoms with Crippen LogP contribution in [-0.2, 0) is 9.53 Å². The zero-order valence-electron chi connectivity index (χ0n) is 12.4. The highest BCUT2D eigenvalue weighted by molar-refractivity contribution is 5.94. The third-order valence-electron chi connectivity index (χ3n) is 3.68. The van der Waals surface area contributed by atoms with Crippen molar-refractivity contribution in [2.24, 2.45) is 0 Å². The summed E-state index contributed by atoms with van der Waals surface area (Å²) in [5.74, 6) is -1.20. The Bertz CT molecular complexity index is 702. The Morgan fingerprint density at radius 1 is 1.22 bits per heavy atom. The van der Waals surface area contributed by atoms with Crippen molar-refractivity contribution in [1.82, 2.24) is 9.78 Å². The molecule has 1 aliphatic heterocycles. The van der Waals surface area contributed by atoms with Crippen molar-refractivity contribution in [2.75, 3.05) is 11.9 Å². The number of aromatic carboxylic acids is 1. The molecule has 7 heteroatoms. The molecule has 0 radical (unpaired) electrons. The Morgan fingerprint density at radius 2 is 2.00 bits per heavy atom. The van der Waals surface area contributed by atoms with Crippen LogP contribution in [0.1, 0.15) is 29.8 Å². The zero-order chi connectivity index (χ0) is 16.2. The van der Waals surface area contributed by atoms with Crippen LogP contribution in [0.3, 0.4) is 0 Å². The van der Waals surface area contributed by atoms with E-state index < -0.39 is 5.97 Å². The van der Waals surface area contributed by atoms with Gasteiger partial charge in [-0.3, -0.25) is 4.79 Å². The van der Waals surface area contributed by atoms with Gasteiger partial charge in [-0.1, -0.05) is 0 Å². The first-order valence-corrected chi connectivity index (χ1v) is 7.45. The molecule has 1 aromatic carbocycles. The molecule has 7 nitrogen and oxygen atoms in total. The van der Waals surface area contributed by atoms with Gasteiger partial charge in [0.05, 0.1) is 5.69 Å². The lowest BCUT2D eigenvalue weighted by Gasteiger charge is -2.21. The van der Waals surface area contributed by atoms with Gasteiger partial charge in [0.15, 0.2) is 5.69 Å². The van der Waals surface area contributed by atoms with Gasteiger partial charge in [0.25, 0.3) is 5.91 Å². The molecule has 1 unspecified atom stereocenters. The predicted molar refractivity (Wildman–Crippen MR) is 82.7 cm³/mol. The van der Waals surface area contributed by atoms with Crippen LogP contribution in [0.15, 0.2) is 36.5 Å². The van der Waals surface area contributed by atoms with Crippen LogP contribution in [0.25, 0.3) is 5.69 Å². The largest absolute Gasteiger partial charge is 0.476 e. The third kappa shape index (κ3) is 3.57. The predicted octanol–water partition coefficient (Wildman–Crippen LogP) is 2.08. The van der Waals surface area contributed by atoms with E-state index in [2.05, 4.69) is 10.4 Å². The number of nitrogens with zero attached hydrogens (tertiary/aromatic N) is 2. The molecule has 2 heterocycles. The van der Waals surface area contributed by atoms with E-state index in [1.165, 1.54) is 10.7 Å². The van der Waals surface area contributed by atoms with Gasteiger partial charge < -0.3 is 15.2 Å². The molecule has 1 amide bonds. The number of aromatic nitrogens is 2. The molecule has 0 saturated carbocycles. The normalized spacial score (nSPS) is 17.7. The molecule has 2 N–H and O–H groups in total. The van der Waals surface area contributed by atoms with E-state index in [-0.39, 0.29) is 17.7 Å². The molecule has 0 spiro atoms. The minimum Gasteiger partial charge on any atom is -0.476 e. The fourth-order valence-corrected chi connectivity index (χ4v) is 2.45. The van der Waals surface area contributed by atoms with Gasteiger partial charge in [-0.25, -0.2) is 9.48 Å². The van der Waals surface area contributed by atoms with Gasteiger partial charge in [-0.15, -0.1) is 0 Å².